The molecule has 0 fully saturated rings. The van der Waals surface area contributed by atoms with Gasteiger partial charge >= 0.3 is 0 Å². The summed E-state index contributed by atoms with van der Waals surface area (Å²) in [6, 6.07) is 10.2. The van der Waals surface area contributed by atoms with Crippen molar-refractivity contribution in [2.24, 2.45) is 5.73 Å². The Morgan fingerprint density at radius 1 is 1.18 bits per heavy atom. The monoisotopic (exact) mass is 228 g/mol. The Bertz CT molecular complexity index is 536. The number of nitrogens with one attached hydrogen (secondary N) is 1. The first-order valence-electron chi connectivity index (χ1n) is 5.03. The van der Waals surface area contributed by atoms with Crippen LogP contribution in [0.3, 0.4) is 0 Å². The molecule has 1 amide bonds. The summed E-state index contributed by atoms with van der Waals surface area (Å²) >= 11 is 0. The molecule has 5 N–H and O–H groups in total. The second-order valence-electron chi connectivity index (χ2n) is 3.54. The van der Waals surface area contributed by atoms with Crippen molar-refractivity contribution in [1.29, 1.82) is 0 Å². The molecule has 0 saturated heterocycles. The molecule has 0 aliphatic carbocycles. The molecule has 2 rings (SSSR count). The molecule has 0 unspecified atom stereocenters. The van der Waals surface area contributed by atoms with E-state index in [0.717, 1.165) is 5.69 Å². The van der Waals surface area contributed by atoms with Gasteiger partial charge in [-0.1, -0.05) is 0 Å². The number of hydrogen-bond acceptors (Lipinski definition) is 4. The second kappa shape index (κ2) is 4.52. The molecule has 86 valence electrons. The van der Waals surface area contributed by atoms with E-state index in [1.165, 1.54) is 0 Å². The van der Waals surface area contributed by atoms with Gasteiger partial charge in [-0.05, 0) is 30.3 Å². The van der Waals surface area contributed by atoms with Crippen LogP contribution in [0.25, 0.3) is 0 Å². The van der Waals surface area contributed by atoms with Crippen LogP contribution < -0.4 is 16.8 Å². The highest BCUT2D eigenvalue weighted by molar-refractivity contribution is 5.93. The summed E-state index contributed by atoms with van der Waals surface area (Å²) in [5, 5.41) is 3.07. The number of benzene rings is 1. The third kappa shape index (κ3) is 2.72. The van der Waals surface area contributed by atoms with Gasteiger partial charge in [-0.15, -0.1) is 0 Å². The van der Waals surface area contributed by atoms with Gasteiger partial charge in [0.05, 0.1) is 0 Å². The Morgan fingerprint density at radius 2 is 1.88 bits per heavy atom. The average molecular weight is 228 g/mol. The first kappa shape index (κ1) is 10.9. The number of rotatable bonds is 3. The number of pyridine rings is 1. The van der Waals surface area contributed by atoms with Crippen LogP contribution in [0.4, 0.5) is 17.2 Å². The van der Waals surface area contributed by atoms with E-state index in [2.05, 4.69) is 10.3 Å². The van der Waals surface area contributed by atoms with E-state index in [1.807, 2.05) is 0 Å². The van der Waals surface area contributed by atoms with E-state index in [0.29, 0.717) is 17.1 Å². The number of hydrogen-bond donors (Lipinski definition) is 3. The summed E-state index contributed by atoms with van der Waals surface area (Å²) < 4.78 is 0. The molecule has 1 aromatic carbocycles. The van der Waals surface area contributed by atoms with Crippen LogP contribution in [-0.2, 0) is 0 Å². The number of aromatic nitrogens is 1. The number of anilines is 3. The van der Waals surface area contributed by atoms with E-state index in [9.17, 15) is 4.79 Å². The maximum Gasteiger partial charge on any atom is 0.248 e. The molecule has 1 aromatic heterocycles. The predicted molar refractivity (Wildman–Crippen MR) is 66.9 cm³/mol. The van der Waals surface area contributed by atoms with Crippen LogP contribution in [0.2, 0.25) is 0 Å². The fourth-order valence-corrected chi connectivity index (χ4v) is 1.38. The normalized spacial score (nSPS) is 9.88. The standard InChI is InChI=1S/C12H12N4O/c13-9-5-6-15-11(7-9)16-10-3-1-8(2-4-10)12(14)17/h1-7H,(H2,14,17)(H3,13,15,16). The molecule has 0 bridgehead atoms. The molecule has 0 aliphatic heterocycles. The smallest absolute Gasteiger partial charge is 0.248 e. The van der Waals surface area contributed by atoms with Gasteiger partial charge in [0.2, 0.25) is 5.91 Å². The van der Waals surface area contributed by atoms with Crippen molar-refractivity contribution in [3.63, 3.8) is 0 Å². The lowest BCUT2D eigenvalue weighted by Gasteiger charge is -2.06. The molecule has 1 heterocycles. The lowest BCUT2D eigenvalue weighted by molar-refractivity contribution is 0.100. The summed E-state index contributed by atoms with van der Waals surface area (Å²) in [5.41, 5.74) is 12.7. The van der Waals surface area contributed by atoms with Gasteiger partial charge in [0, 0.05) is 29.2 Å². The van der Waals surface area contributed by atoms with Crippen LogP contribution in [0.5, 0.6) is 0 Å². The van der Waals surface area contributed by atoms with Crippen molar-refractivity contribution in [3.05, 3.63) is 48.2 Å². The fraction of sp³-hybridized carbons (Fsp3) is 0. The average Bonchev–Trinajstić information content (AvgIpc) is 2.29. The molecule has 17 heavy (non-hydrogen) atoms. The van der Waals surface area contributed by atoms with Crippen molar-refractivity contribution in [2.45, 2.75) is 0 Å². The third-order valence-electron chi connectivity index (χ3n) is 2.23. The molecule has 0 atom stereocenters. The Hall–Kier alpha value is -2.56. The van der Waals surface area contributed by atoms with Crippen LogP contribution in [0.15, 0.2) is 42.6 Å². The highest BCUT2D eigenvalue weighted by Gasteiger charge is 2.00. The van der Waals surface area contributed by atoms with E-state index in [4.69, 9.17) is 11.5 Å². The van der Waals surface area contributed by atoms with Crippen molar-refractivity contribution >= 4 is 23.1 Å². The lowest BCUT2D eigenvalue weighted by Crippen LogP contribution is -2.10. The number of carbonyl (C=O) groups excluding carboxylic acids is 1. The molecule has 2 aromatic rings. The molecule has 0 spiro atoms. The third-order valence-corrected chi connectivity index (χ3v) is 2.23. The second-order valence-corrected chi connectivity index (χ2v) is 3.54. The number of carbonyl (C=O) groups is 1. The molecule has 0 saturated carbocycles. The Labute approximate surface area is 98.5 Å². The summed E-state index contributed by atoms with van der Waals surface area (Å²) in [4.78, 5) is 15.0. The van der Waals surface area contributed by atoms with Gasteiger partial charge in [0.15, 0.2) is 0 Å². The quantitative estimate of drug-likeness (QED) is 0.742. The largest absolute Gasteiger partial charge is 0.399 e. The maximum atomic E-state index is 10.9. The first-order valence-corrected chi connectivity index (χ1v) is 5.03. The summed E-state index contributed by atoms with van der Waals surface area (Å²) in [6.07, 6.45) is 1.62. The Morgan fingerprint density at radius 3 is 2.47 bits per heavy atom. The van der Waals surface area contributed by atoms with E-state index < -0.39 is 5.91 Å². The van der Waals surface area contributed by atoms with Gasteiger partial charge in [-0.3, -0.25) is 4.79 Å². The fourth-order valence-electron chi connectivity index (χ4n) is 1.38. The highest BCUT2D eigenvalue weighted by Crippen LogP contribution is 2.16. The Balaban J connectivity index is 2.16. The number of nitrogens with two attached hydrogens (primary N) is 2. The summed E-state index contributed by atoms with van der Waals surface area (Å²) in [7, 11) is 0. The SMILES string of the molecule is NC(=O)c1ccc(Nc2cc(N)ccn2)cc1. The van der Waals surface area contributed by atoms with Crippen molar-refractivity contribution in [2.75, 3.05) is 11.1 Å². The zero-order valence-electron chi connectivity index (χ0n) is 9.05. The van der Waals surface area contributed by atoms with Crippen LogP contribution in [0.1, 0.15) is 10.4 Å². The summed E-state index contributed by atoms with van der Waals surface area (Å²) in [6.45, 7) is 0. The highest BCUT2D eigenvalue weighted by atomic mass is 16.1. The van der Waals surface area contributed by atoms with Crippen molar-refractivity contribution < 1.29 is 4.79 Å². The Kier molecular flexibility index (Phi) is 2.91. The van der Waals surface area contributed by atoms with Gasteiger partial charge in [-0.2, -0.15) is 0 Å². The molecule has 5 heteroatoms. The number of nitrogen functional groups attached to an aromatic ring is 1. The molecule has 0 aliphatic rings. The van der Waals surface area contributed by atoms with Crippen LogP contribution in [-0.4, -0.2) is 10.9 Å². The predicted octanol–water partition coefficient (Wildman–Crippen LogP) is 1.51. The number of primary amides is 1. The topological polar surface area (TPSA) is 94.0 Å². The van der Waals surface area contributed by atoms with Gasteiger partial charge in [0.1, 0.15) is 5.82 Å². The maximum absolute atomic E-state index is 10.9. The first-order chi connectivity index (χ1) is 8.15. The van der Waals surface area contributed by atoms with Crippen LogP contribution in [0, 0.1) is 0 Å². The molecule has 5 nitrogen and oxygen atoms in total. The molecule has 0 radical (unpaired) electrons. The lowest BCUT2D eigenvalue weighted by atomic mass is 10.2. The van der Waals surface area contributed by atoms with Gasteiger partial charge < -0.3 is 16.8 Å². The van der Waals surface area contributed by atoms with Gasteiger partial charge in [-0.25, -0.2) is 4.98 Å². The molecular formula is C12H12N4O. The zero-order chi connectivity index (χ0) is 12.3. The summed E-state index contributed by atoms with van der Waals surface area (Å²) in [5.74, 6) is 0.204. The van der Waals surface area contributed by atoms with Crippen LogP contribution >= 0.6 is 0 Å². The van der Waals surface area contributed by atoms with Gasteiger partial charge in [0.25, 0.3) is 0 Å². The number of amides is 1. The van der Waals surface area contributed by atoms with E-state index >= 15 is 0 Å². The minimum atomic E-state index is -0.446. The van der Waals surface area contributed by atoms with Crippen molar-refractivity contribution in [1.82, 2.24) is 4.98 Å². The zero-order valence-corrected chi connectivity index (χ0v) is 9.05. The van der Waals surface area contributed by atoms with Crippen molar-refractivity contribution in [3.8, 4) is 0 Å². The van der Waals surface area contributed by atoms with E-state index in [1.54, 1.807) is 42.6 Å². The number of nitrogens with zero attached hydrogens (tertiary/aromatic N) is 1. The van der Waals surface area contributed by atoms with E-state index in [-0.39, 0.29) is 0 Å². The molecular weight excluding hydrogens is 216 g/mol. The minimum Gasteiger partial charge on any atom is -0.399 e. The minimum absolute atomic E-state index is 0.446.